The molecular formula is C10H9N3. The highest BCUT2D eigenvalue weighted by Crippen LogP contribution is 2.11. The van der Waals surface area contributed by atoms with Crippen molar-refractivity contribution in [3.8, 4) is 6.07 Å². The molecule has 0 aliphatic heterocycles. The van der Waals surface area contributed by atoms with Gasteiger partial charge in [0.1, 0.15) is 0 Å². The molecule has 0 aromatic heterocycles. The van der Waals surface area contributed by atoms with E-state index >= 15 is 0 Å². The molecule has 0 fully saturated rings. The summed E-state index contributed by atoms with van der Waals surface area (Å²) < 4.78 is 0. The first-order chi connectivity index (χ1) is 6.33. The van der Waals surface area contributed by atoms with Gasteiger partial charge in [-0.3, -0.25) is 0 Å². The summed E-state index contributed by atoms with van der Waals surface area (Å²) in [5.74, 6) is 0. The van der Waals surface area contributed by atoms with Crippen LogP contribution in [0.3, 0.4) is 0 Å². The van der Waals surface area contributed by atoms with Crippen molar-refractivity contribution in [1.29, 1.82) is 5.26 Å². The average molecular weight is 171 g/mol. The van der Waals surface area contributed by atoms with Crippen molar-refractivity contribution < 1.29 is 0 Å². The number of azo groups is 1. The normalized spacial score (nSPS) is 11.5. The molecule has 0 bridgehead atoms. The Morgan fingerprint density at radius 2 is 2.08 bits per heavy atom. The van der Waals surface area contributed by atoms with E-state index < -0.39 is 0 Å². The van der Waals surface area contributed by atoms with Crippen LogP contribution in [0, 0.1) is 11.3 Å². The van der Waals surface area contributed by atoms with Crippen LogP contribution in [0.25, 0.3) is 0 Å². The molecule has 13 heavy (non-hydrogen) atoms. The molecule has 3 heteroatoms. The first kappa shape index (κ1) is 9.14. The van der Waals surface area contributed by atoms with Gasteiger partial charge in [-0.15, -0.1) is 0 Å². The number of hydrogen-bond donors (Lipinski definition) is 0. The van der Waals surface area contributed by atoms with E-state index in [0.29, 0.717) is 5.70 Å². The van der Waals surface area contributed by atoms with Crippen LogP contribution in [0.2, 0.25) is 0 Å². The largest absolute Gasteiger partial charge is 0.193 e. The van der Waals surface area contributed by atoms with Crippen molar-refractivity contribution in [3.05, 3.63) is 42.1 Å². The van der Waals surface area contributed by atoms with E-state index in [1.54, 1.807) is 6.92 Å². The van der Waals surface area contributed by atoms with Crippen molar-refractivity contribution in [3.63, 3.8) is 0 Å². The van der Waals surface area contributed by atoms with E-state index in [1.165, 1.54) is 6.08 Å². The summed E-state index contributed by atoms with van der Waals surface area (Å²) in [4.78, 5) is 0. The Kier molecular flexibility index (Phi) is 3.40. The second kappa shape index (κ2) is 4.83. The lowest BCUT2D eigenvalue weighted by atomic mass is 10.3. The molecule has 1 rings (SSSR count). The Morgan fingerprint density at radius 1 is 1.38 bits per heavy atom. The van der Waals surface area contributed by atoms with Crippen LogP contribution in [-0.4, -0.2) is 0 Å². The number of rotatable bonds is 2. The highest BCUT2D eigenvalue weighted by atomic mass is 15.1. The van der Waals surface area contributed by atoms with Crippen molar-refractivity contribution in [2.45, 2.75) is 6.92 Å². The fourth-order valence-corrected chi connectivity index (χ4v) is 0.754. The van der Waals surface area contributed by atoms with E-state index in [1.807, 2.05) is 36.4 Å². The van der Waals surface area contributed by atoms with E-state index in [4.69, 9.17) is 5.26 Å². The van der Waals surface area contributed by atoms with Crippen molar-refractivity contribution in [1.82, 2.24) is 0 Å². The zero-order valence-electron chi connectivity index (χ0n) is 7.31. The van der Waals surface area contributed by atoms with Gasteiger partial charge in [0.15, 0.2) is 0 Å². The minimum Gasteiger partial charge on any atom is -0.193 e. The van der Waals surface area contributed by atoms with Gasteiger partial charge in [-0.05, 0) is 19.1 Å². The van der Waals surface area contributed by atoms with Gasteiger partial charge in [-0.2, -0.15) is 15.5 Å². The van der Waals surface area contributed by atoms with Crippen LogP contribution < -0.4 is 0 Å². The lowest BCUT2D eigenvalue weighted by Crippen LogP contribution is -1.65. The second-order valence-electron chi connectivity index (χ2n) is 2.45. The molecule has 0 N–H and O–H groups in total. The topological polar surface area (TPSA) is 48.5 Å². The van der Waals surface area contributed by atoms with Gasteiger partial charge in [-0.25, -0.2) is 0 Å². The maximum atomic E-state index is 8.31. The van der Waals surface area contributed by atoms with E-state index in [-0.39, 0.29) is 0 Å². The van der Waals surface area contributed by atoms with Gasteiger partial charge in [0, 0.05) is 6.08 Å². The molecule has 0 aliphatic carbocycles. The Hall–Kier alpha value is -1.95. The molecule has 1 aromatic carbocycles. The van der Waals surface area contributed by atoms with Crippen LogP contribution >= 0.6 is 0 Å². The number of nitriles is 1. The summed E-state index contributed by atoms with van der Waals surface area (Å²) >= 11 is 0. The maximum absolute atomic E-state index is 8.31. The molecule has 0 saturated heterocycles. The maximum Gasteiger partial charge on any atom is 0.0931 e. The fraction of sp³-hybridized carbons (Fsp3) is 0.100. The molecule has 0 atom stereocenters. The third kappa shape index (κ3) is 3.30. The summed E-state index contributed by atoms with van der Waals surface area (Å²) in [7, 11) is 0. The van der Waals surface area contributed by atoms with Gasteiger partial charge >= 0.3 is 0 Å². The first-order valence-electron chi connectivity index (χ1n) is 3.86. The van der Waals surface area contributed by atoms with Crippen molar-refractivity contribution >= 4 is 5.69 Å². The molecular weight excluding hydrogens is 162 g/mol. The molecule has 0 aliphatic rings. The Labute approximate surface area is 77.0 Å². The number of benzene rings is 1. The van der Waals surface area contributed by atoms with Gasteiger partial charge in [0.2, 0.25) is 0 Å². The molecule has 0 amide bonds. The molecule has 3 nitrogen and oxygen atoms in total. The Morgan fingerprint density at radius 3 is 2.69 bits per heavy atom. The van der Waals surface area contributed by atoms with E-state index in [0.717, 1.165) is 5.69 Å². The third-order valence-corrected chi connectivity index (χ3v) is 1.35. The van der Waals surface area contributed by atoms with Crippen LogP contribution in [0.4, 0.5) is 5.69 Å². The summed E-state index contributed by atoms with van der Waals surface area (Å²) in [6.45, 7) is 1.73. The molecule has 1 aromatic rings. The zero-order valence-corrected chi connectivity index (χ0v) is 7.31. The quantitative estimate of drug-likeness (QED) is 0.498. The average Bonchev–Trinajstić information content (AvgIpc) is 2.17. The molecule has 0 radical (unpaired) electrons. The minimum atomic E-state index is 0.603. The molecule has 0 heterocycles. The standard InChI is InChI=1S/C10H9N3/c1-9(7-8-11)12-13-10-5-3-2-4-6-10/h2-7H,1H3/b9-7-,13-12?. The minimum absolute atomic E-state index is 0.603. The van der Waals surface area contributed by atoms with Crippen LogP contribution in [-0.2, 0) is 0 Å². The SMILES string of the molecule is C/C(=C/C#N)N=Nc1ccccc1. The molecule has 0 unspecified atom stereocenters. The smallest absolute Gasteiger partial charge is 0.0931 e. The molecule has 0 spiro atoms. The van der Waals surface area contributed by atoms with Crippen molar-refractivity contribution in [2.24, 2.45) is 10.2 Å². The first-order valence-corrected chi connectivity index (χ1v) is 3.86. The number of hydrogen-bond acceptors (Lipinski definition) is 3. The zero-order chi connectivity index (χ0) is 9.52. The predicted octanol–water partition coefficient (Wildman–Crippen LogP) is 3.20. The summed E-state index contributed by atoms with van der Waals surface area (Å²) in [6, 6.07) is 11.3. The van der Waals surface area contributed by atoms with Gasteiger partial charge < -0.3 is 0 Å². The van der Waals surface area contributed by atoms with Gasteiger partial charge in [0.25, 0.3) is 0 Å². The van der Waals surface area contributed by atoms with Gasteiger partial charge in [0.05, 0.1) is 17.5 Å². The Balaban J connectivity index is 2.71. The Bertz CT molecular complexity index is 358. The monoisotopic (exact) mass is 171 g/mol. The lowest BCUT2D eigenvalue weighted by molar-refractivity contribution is 1.13. The van der Waals surface area contributed by atoms with Crippen LogP contribution in [0.1, 0.15) is 6.92 Å². The number of allylic oxidation sites excluding steroid dienone is 2. The van der Waals surface area contributed by atoms with E-state index in [2.05, 4.69) is 10.2 Å². The number of nitrogens with zero attached hydrogens (tertiary/aromatic N) is 3. The van der Waals surface area contributed by atoms with Gasteiger partial charge in [-0.1, -0.05) is 18.2 Å². The fourth-order valence-electron chi connectivity index (χ4n) is 0.754. The third-order valence-electron chi connectivity index (χ3n) is 1.35. The summed E-state index contributed by atoms with van der Waals surface area (Å²) in [5.41, 5.74) is 1.39. The second-order valence-corrected chi connectivity index (χ2v) is 2.45. The van der Waals surface area contributed by atoms with Crippen molar-refractivity contribution in [2.75, 3.05) is 0 Å². The predicted molar refractivity (Wildman–Crippen MR) is 50.3 cm³/mol. The highest BCUT2D eigenvalue weighted by Gasteiger charge is 1.85. The summed E-state index contributed by atoms with van der Waals surface area (Å²) in [6.07, 6.45) is 1.35. The molecule has 0 saturated carbocycles. The summed E-state index contributed by atoms with van der Waals surface area (Å²) in [5, 5.41) is 16.1. The van der Waals surface area contributed by atoms with E-state index in [9.17, 15) is 0 Å². The molecule has 64 valence electrons. The lowest BCUT2D eigenvalue weighted by Gasteiger charge is -1.89. The highest BCUT2D eigenvalue weighted by molar-refractivity contribution is 5.35. The van der Waals surface area contributed by atoms with Crippen LogP contribution in [0.5, 0.6) is 0 Å². The van der Waals surface area contributed by atoms with Crippen LogP contribution in [0.15, 0.2) is 52.3 Å².